The predicted octanol–water partition coefficient (Wildman–Crippen LogP) is 1.76. The van der Waals surface area contributed by atoms with Crippen molar-refractivity contribution in [3.63, 3.8) is 0 Å². The first kappa shape index (κ1) is 12.9. The number of aromatic nitrogens is 1. The second-order valence-corrected chi connectivity index (χ2v) is 4.41. The topological polar surface area (TPSA) is 108 Å². The van der Waals surface area contributed by atoms with Gasteiger partial charge in [0.2, 0.25) is 5.89 Å². The summed E-state index contributed by atoms with van der Waals surface area (Å²) >= 11 is 0. The third-order valence-electron chi connectivity index (χ3n) is 2.89. The summed E-state index contributed by atoms with van der Waals surface area (Å²) in [5, 5.41) is 0.379. The van der Waals surface area contributed by atoms with Gasteiger partial charge in [-0.05, 0) is 30.3 Å². The smallest absolute Gasteiger partial charge is 0.347 e. The minimum Gasteiger partial charge on any atom is -0.403 e. The molecule has 104 valence electrons. The van der Waals surface area contributed by atoms with E-state index in [2.05, 4.69) is 9.98 Å². The van der Waals surface area contributed by atoms with Gasteiger partial charge in [0.1, 0.15) is 0 Å². The molecule has 21 heavy (non-hydrogen) atoms. The fraction of sp³-hybridized carbons (Fsp3) is 0. The summed E-state index contributed by atoms with van der Waals surface area (Å²) in [6.07, 6.45) is 0. The maximum atomic E-state index is 12.0. The van der Waals surface area contributed by atoms with Crippen molar-refractivity contribution < 1.29 is 4.42 Å². The number of nitrogens with zero attached hydrogens (tertiary/aromatic N) is 2. The zero-order chi connectivity index (χ0) is 14.8. The molecule has 0 amide bonds. The molecule has 3 aromatic rings. The molecule has 2 aromatic carbocycles. The van der Waals surface area contributed by atoms with E-state index in [4.69, 9.17) is 15.9 Å². The predicted molar refractivity (Wildman–Crippen MR) is 81.2 cm³/mol. The molecule has 0 saturated carbocycles. The van der Waals surface area contributed by atoms with E-state index < -0.39 is 5.63 Å². The van der Waals surface area contributed by atoms with Crippen molar-refractivity contribution in [1.82, 2.24) is 4.98 Å². The average molecular weight is 280 g/mol. The molecule has 4 N–H and O–H groups in total. The molecular weight excluding hydrogens is 268 g/mol. The van der Waals surface area contributed by atoms with E-state index in [-0.39, 0.29) is 11.9 Å². The SMILES string of the molecule is NC(N)=Nc1ccc2c(=O)oc(-c3ccccc3)nc2c1. The molecule has 0 aliphatic rings. The van der Waals surface area contributed by atoms with E-state index in [0.717, 1.165) is 5.56 Å². The van der Waals surface area contributed by atoms with Crippen LogP contribution in [0.5, 0.6) is 0 Å². The molecule has 1 aromatic heterocycles. The van der Waals surface area contributed by atoms with Crippen molar-refractivity contribution in [2.45, 2.75) is 0 Å². The molecule has 0 radical (unpaired) electrons. The Balaban J connectivity index is 2.22. The highest BCUT2D eigenvalue weighted by Crippen LogP contribution is 2.21. The molecule has 0 saturated heterocycles. The molecule has 1 heterocycles. The van der Waals surface area contributed by atoms with E-state index in [9.17, 15) is 4.79 Å². The van der Waals surface area contributed by atoms with Gasteiger partial charge in [0.25, 0.3) is 0 Å². The molecule has 0 atom stereocenters. The van der Waals surface area contributed by atoms with Crippen LogP contribution < -0.4 is 17.1 Å². The van der Waals surface area contributed by atoms with Gasteiger partial charge in [0.15, 0.2) is 5.96 Å². The molecule has 0 bridgehead atoms. The Morgan fingerprint density at radius 2 is 1.86 bits per heavy atom. The van der Waals surface area contributed by atoms with Crippen molar-refractivity contribution >= 4 is 22.5 Å². The van der Waals surface area contributed by atoms with Crippen LogP contribution in [0.15, 0.2) is 62.7 Å². The van der Waals surface area contributed by atoms with Gasteiger partial charge in [-0.25, -0.2) is 14.8 Å². The van der Waals surface area contributed by atoms with Crippen LogP contribution in [-0.4, -0.2) is 10.9 Å². The maximum absolute atomic E-state index is 12.0. The summed E-state index contributed by atoms with van der Waals surface area (Å²) in [5.41, 5.74) is 12.0. The van der Waals surface area contributed by atoms with Crippen molar-refractivity contribution in [2.75, 3.05) is 0 Å². The van der Waals surface area contributed by atoms with E-state index in [1.54, 1.807) is 18.2 Å². The van der Waals surface area contributed by atoms with Crippen LogP contribution in [0, 0.1) is 0 Å². The second-order valence-electron chi connectivity index (χ2n) is 4.41. The third kappa shape index (κ3) is 2.59. The van der Waals surface area contributed by atoms with Crippen molar-refractivity contribution in [3.8, 4) is 11.5 Å². The molecule has 0 aliphatic carbocycles. The Bertz CT molecular complexity index is 881. The van der Waals surface area contributed by atoms with Gasteiger partial charge in [-0.3, -0.25) is 0 Å². The van der Waals surface area contributed by atoms with Gasteiger partial charge >= 0.3 is 5.63 Å². The van der Waals surface area contributed by atoms with Crippen LogP contribution in [0.4, 0.5) is 5.69 Å². The Morgan fingerprint density at radius 1 is 1.10 bits per heavy atom. The van der Waals surface area contributed by atoms with E-state index in [1.165, 1.54) is 0 Å². The van der Waals surface area contributed by atoms with Gasteiger partial charge in [-0.15, -0.1) is 0 Å². The molecule has 6 nitrogen and oxygen atoms in total. The molecule has 0 aliphatic heterocycles. The van der Waals surface area contributed by atoms with Gasteiger partial charge in [0, 0.05) is 5.56 Å². The molecule has 3 rings (SSSR count). The highest BCUT2D eigenvalue weighted by molar-refractivity contribution is 5.84. The summed E-state index contributed by atoms with van der Waals surface area (Å²) in [4.78, 5) is 20.3. The van der Waals surface area contributed by atoms with Crippen molar-refractivity contribution in [3.05, 3.63) is 59.0 Å². The van der Waals surface area contributed by atoms with Crippen LogP contribution in [0.1, 0.15) is 0 Å². The van der Waals surface area contributed by atoms with Crippen LogP contribution in [0.2, 0.25) is 0 Å². The molecular formula is C15H12N4O2. The summed E-state index contributed by atoms with van der Waals surface area (Å²) < 4.78 is 5.25. The number of hydrogen-bond acceptors (Lipinski definition) is 4. The standard InChI is InChI=1S/C15H12N4O2/c16-15(17)18-10-6-7-11-12(8-10)19-13(21-14(11)20)9-4-2-1-3-5-9/h1-8H,(H4,16,17,18). The Hall–Kier alpha value is -3.15. The number of nitrogens with two attached hydrogens (primary N) is 2. The highest BCUT2D eigenvalue weighted by Gasteiger charge is 2.08. The highest BCUT2D eigenvalue weighted by atomic mass is 16.4. The lowest BCUT2D eigenvalue weighted by atomic mass is 10.2. The number of rotatable bonds is 2. The fourth-order valence-electron chi connectivity index (χ4n) is 1.98. The molecule has 0 unspecified atom stereocenters. The van der Waals surface area contributed by atoms with Crippen LogP contribution in [-0.2, 0) is 0 Å². The summed E-state index contributed by atoms with van der Waals surface area (Å²) in [7, 11) is 0. The summed E-state index contributed by atoms with van der Waals surface area (Å²) in [6, 6.07) is 14.0. The van der Waals surface area contributed by atoms with Crippen LogP contribution >= 0.6 is 0 Å². The second kappa shape index (κ2) is 5.09. The summed E-state index contributed by atoms with van der Waals surface area (Å²) in [5.74, 6) is 0.204. The normalized spacial score (nSPS) is 10.5. The number of fused-ring (bicyclic) bond motifs is 1. The van der Waals surface area contributed by atoms with E-state index in [0.29, 0.717) is 16.6 Å². The fourth-order valence-corrected chi connectivity index (χ4v) is 1.98. The Kier molecular flexibility index (Phi) is 3.12. The molecule has 6 heteroatoms. The quantitative estimate of drug-likeness (QED) is 0.549. The number of hydrogen-bond donors (Lipinski definition) is 2. The number of guanidine groups is 1. The first-order chi connectivity index (χ1) is 10.1. The molecule has 0 fully saturated rings. The van der Waals surface area contributed by atoms with E-state index in [1.807, 2.05) is 30.3 Å². The van der Waals surface area contributed by atoms with Crippen LogP contribution in [0.25, 0.3) is 22.4 Å². The average Bonchev–Trinajstić information content (AvgIpc) is 2.47. The van der Waals surface area contributed by atoms with Gasteiger partial charge in [-0.2, -0.15) is 0 Å². The minimum absolute atomic E-state index is 0.0550. The van der Waals surface area contributed by atoms with Gasteiger partial charge in [-0.1, -0.05) is 18.2 Å². The summed E-state index contributed by atoms with van der Waals surface area (Å²) in [6.45, 7) is 0. The third-order valence-corrected chi connectivity index (χ3v) is 2.89. The van der Waals surface area contributed by atoms with Crippen molar-refractivity contribution in [1.29, 1.82) is 0 Å². The monoisotopic (exact) mass is 280 g/mol. The van der Waals surface area contributed by atoms with Gasteiger partial charge < -0.3 is 15.9 Å². The van der Waals surface area contributed by atoms with Gasteiger partial charge in [0.05, 0.1) is 16.6 Å². The number of aliphatic imine (C=N–C) groups is 1. The minimum atomic E-state index is -0.449. The largest absolute Gasteiger partial charge is 0.403 e. The lowest BCUT2D eigenvalue weighted by molar-refractivity contribution is 0.518. The maximum Gasteiger partial charge on any atom is 0.347 e. The lowest BCUT2D eigenvalue weighted by Gasteiger charge is -2.02. The lowest BCUT2D eigenvalue weighted by Crippen LogP contribution is -2.21. The Morgan fingerprint density at radius 3 is 2.57 bits per heavy atom. The van der Waals surface area contributed by atoms with E-state index >= 15 is 0 Å². The Labute approximate surface area is 119 Å². The first-order valence-corrected chi connectivity index (χ1v) is 6.23. The first-order valence-electron chi connectivity index (χ1n) is 6.23. The zero-order valence-corrected chi connectivity index (χ0v) is 11.0. The van der Waals surface area contributed by atoms with Crippen LogP contribution in [0.3, 0.4) is 0 Å². The van der Waals surface area contributed by atoms with Crippen molar-refractivity contribution in [2.24, 2.45) is 16.5 Å². The zero-order valence-electron chi connectivity index (χ0n) is 11.0. The molecule has 0 spiro atoms. The number of benzene rings is 2.